The molecule has 0 saturated carbocycles. The minimum Gasteiger partial charge on any atom is -0.341 e. The maximum absolute atomic E-state index is 12.5. The zero-order chi connectivity index (χ0) is 13.1. The molecule has 0 N–H and O–H groups in total. The number of nitrogens with zero attached hydrogens (tertiary/aromatic N) is 2. The number of rotatable bonds is 3. The third kappa shape index (κ3) is 2.41. The van der Waals surface area contributed by atoms with E-state index < -0.39 is 0 Å². The van der Waals surface area contributed by atoms with Crippen LogP contribution in [0.2, 0.25) is 0 Å². The Morgan fingerprint density at radius 1 is 1.72 bits per heavy atom. The van der Waals surface area contributed by atoms with Crippen LogP contribution in [0.25, 0.3) is 0 Å². The fourth-order valence-corrected chi connectivity index (χ4v) is 3.46. The summed E-state index contributed by atoms with van der Waals surface area (Å²) in [5, 5.41) is 10.8. The number of amides is 1. The average Bonchev–Trinajstić information content (AvgIpc) is 2.85. The van der Waals surface area contributed by atoms with Crippen molar-refractivity contribution in [2.45, 2.75) is 44.6 Å². The number of carbonyl (C=O) groups excluding carboxylic acids is 1. The molecule has 0 aromatic carbocycles. The Morgan fingerprint density at radius 3 is 3.22 bits per heavy atom. The summed E-state index contributed by atoms with van der Waals surface area (Å²) in [6, 6.07) is 4.21. The molecule has 1 heterocycles. The third-order valence-electron chi connectivity index (χ3n) is 3.75. The van der Waals surface area contributed by atoms with Gasteiger partial charge in [-0.25, -0.2) is 0 Å². The molecule has 0 radical (unpaired) electrons. The van der Waals surface area contributed by atoms with Crippen molar-refractivity contribution in [2.75, 3.05) is 7.05 Å². The molecule has 0 fully saturated rings. The predicted molar refractivity (Wildman–Crippen MR) is 72.5 cm³/mol. The van der Waals surface area contributed by atoms with Gasteiger partial charge < -0.3 is 4.90 Å². The van der Waals surface area contributed by atoms with Gasteiger partial charge in [0.05, 0.1) is 18.4 Å². The minimum absolute atomic E-state index is 0.00569. The lowest BCUT2D eigenvalue weighted by molar-refractivity contribution is -0.133. The van der Waals surface area contributed by atoms with Gasteiger partial charge in [-0.1, -0.05) is 0 Å². The van der Waals surface area contributed by atoms with Crippen molar-refractivity contribution in [3.63, 3.8) is 0 Å². The van der Waals surface area contributed by atoms with E-state index in [0.717, 1.165) is 19.3 Å². The summed E-state index contributed by atoms with van der Waals surface area (Å²) in [6.45, 7) is 1.93. The maximum atomic E-state index is 12.5. The zero-order valence-electron chi connectivity index (χ0n) is 10.8. The van der Waals surface area contributed by atoms with Crippen LogP contribution in [-0.4, -0.2) is 23.9 Å². The number of carbonyl (C=O) groups is 1. The molecule has 2 atom stereocenters. The Balaban J connectivity index is 2.14. The Morgan fingerprint density at radius 2 is 2.50 bits per heavy atom. The molecule has 1 amide bonds. The highest BCUT2D eigenvalue weighted by atomic mass is 32.1. The van der Waals surface area contributed by atoms with Crippen molar-refractivity contribution < 1.29 is 4.79 Å². The summed E-state index contributed by atoms with van der Waals surface area (Å²) in [4.78, 5) is 15.6. The van der Waals surface area contributed by atoms with E-state index in [9.17, 15) is 4.79 Å². The molecule has 2 unspecified atom stereocenters. The first-order valence-corrected chi connectivity index (χ1v) is 7.23. The Hall–Kier alpha value is -1.34. The van der Waals surface area contributed by atoms with Gasteiger partial charge in [0.1, 0.15) is 0 Å². The van der Waals surface area contributed by atoms with Gasteiger partial charge in [-0.2, -0.15) is 5.26 Å². The monoisotopic (exact) mass is 262 g/mol. The highest BCUT2D eigenvalue weighted by Gasteiger charge is 2.30. The van der Waals surface area contributed by atoms with Crippen molar-refractivity contribution in [1.29, 1.82) is 5.26 Å². The molecule has 2 rings (SSSR count). The maximum Gasteiger partial charge on any atom is 0.230 e. The van der Waals surface area contributed by atoms with Crippen molar-refractivity contribution in [1.82, 2.24) is 4.90 Å². The SMILES string of the molecule is CC(CC#N)N(C)C(=O)C1CCCc2sccc21. The first kappa shape index (κ1) is 13.1. The van der Waals surface area contributed by atoms with Crippen LogP contribution in [-0.2, 0) is 11.2 Å². The molecule has 18 heavy (non-hydrogen) atoms. The van der Waals surface area contributed by atoms with Crippen molar-refractivity contribution >= 4 is 17.2 Å². The van der Waals surface area contributed by atoms with Gasteiger partial charge in [0, 0.05) is 18.0 Å². The first-order chi connectivity index (χ1) is 8.65. The Bertz CT molecular complexity index is 474. The van der Waals surface area contributed by atoms with Gasteiger partial charge in [-0.05, 0) is 43.2 Å². The van der Waals surface area contributed by atoms with E-state index in [1.165, 1.54) is 10.4 Å². The topological polar surface area (TPSA) is 44.1 Å². The molecular weight excluding hydrogens is 244 g/mol. The van der Waals surface area contributed by atoms with Crippen LogP contribution in [0.3, 0.4) is 0 Å². The molecule has 1 aliphatic carbocycles. The lowest BCUT2D eigenvalue weighted by Gasteiger charge is -2.30. The molecule has 1 aromatic heterocycles. The van der Waals surface area contributed by atoms with E-state index in [1.807, 2.05) is 14.0 Å². The molecule has 4 heteroatoms. The highest BCUT2D eigenvalue weighted by molar-refractivity contribution is 7.10. The van der Waals surface area contributed by atoms with Crippen LogP contribution in [0.4, 0.5) is 0 Å². The van der Waals surface area contributed by atoms with E-state index in [0.29, 0.717) is 6.42 Å². The van der Waals surface area contributed by atoms with Gasteiger partial charge in [-0.15, -0.1) is 11.3 Å². The summed E-state index contributed by atoms with van der Waals surface area (Å²) < 4.78 is 0. The van der Waals surface area contributed by atoms with Crippen LogP contribution in [0.15, 0.2) is 11.4 Å². The summed E-state index contributed by atoms with van der Waals surface area (Å²) in [5.74, 6) is 0.170. The van der Waals surface area contributed by atoms with Crippen LogP contribution in [0, 0.1) is 11.3 Å². The van der Waals surface area contributed by atoms with Gasteiger partial charge in [-0.3, -0.25) is 4.79 Å². The summed E-state index contributed by atoms with van der Waals surface area (Å²) >= 11 is 1.75. The summed E-state index contributed by atoms with van der Waals surface area (Å²) in [5.41, 5.74) is 1.22. The second kappa shape index (κ2) is 5.53. The Kier molecular flexibility index (Phi) is 4.03. The molecule has 0 saturated heterocycles. The van der Waals surface area contributed by atoms with E-state index in [4.69, 9.17) is 5.26 Å². The van der Waals surface area contributed by atoms with E-state index >= 15 is 0 Å². The van der Waals surface area contributed by atoms with E-state index in [-0.39, 0.29) is 17.9 Å². The molecule has 96 valence electrons. The van der Waals surface area contributed by atoms with Crippen LogP contribution in [0.1, 0.15) is 42.5 Å². The lowest BCUT2D eigenvalue weighted by atomic mass is 9.86. The number of thiophene rings is 1. The highest BCUT2D eigenvalue weighted by Crippen LogP contribution is 2.36. The van der Waals surface area contributed by atoms with Gasteiger partial charge in [0.2, 0.25) is 5.91 Å². The number of aryl methyl sites for hydroxylation is 1. The number of likely N-dealkylation sites (N-methyl/N-ethyl adjacent to an activating group) is 1. The van der Waals surface area contributed by atoms with Crippen LogP contribution in [0.5, 0.6) is 0 Å². The molecule has 3 nitrogen and oxygen atoms in total. The number of hydrogen-bond acceptors (Lipinski definition) is 3. The van der Waals surface area contributed by atoms with E-state index in [2.05, 4.69) is 17.5 Å². The van der Waals surface area contributed by atoms with Crippen molar-refractivity contribution in [3.05, 3.63) is 21.9 Å². The third-order valence-corrected chi connectivity index (χ3v) is 4.74. The Labute approximate surface area is 112 Å². The molecule has 1 aliphatic rings. The summed E-state index contributed by atoms with van der Waals surface area (Å²) in [6.07, 6.45) is 3.52. The van der Waals surface area contributed by atoms with Gasteiger partial charge in [0.25, 0.3) is 0 Å². The minimum atomic E-state index is -0.00786. The predicted octanol–water partition coefficient (Wildman–Crippen LogP) is 2.93. The van der Waals surface area contributed by atoms with Gasteiger partial charge >= 0.3 is 0 Å². The van der Waals surface area contributed by atoms with Gasteiger partial charge in [0.15, 0.2) is 0 Å². The molecule has 0 spiro atoms. The lowest BCUT2D eigenvalue weighted by Crippen LogP contribution is -2.39. The number of hydrogen-bond donors (Lipinski definition) is 0. The second-order valence-electron chi connectivity index (χ2n) is 4.90. The molecular formula is C14H18N2OS. The van der Waals surface area contributed by atoms with Crippen molar-refractivity contribution in [2.24, 2.45) is 0 Å². The standard InChI is InChI=1S/C14H18N2OS/c1-10(6-8-15)16(2)14(17)12-4-3-5-13-11(12)7-9-18-13/h7,9-10,12H,3-6H2,1-2H3. The van der Waals surface area contributed by atoms with Crippen LogP contribution < -0.4 is 0 Å². The summed E-state index contributed by atoms with van der Waals surface area (Å²) in [7, 11) is 1.81. The quantitative estimate of drug-likeness (QED) is 0.840. The number of nitriles is 1. The average molecular weight is 262 g/mol. The normalized spacial score (nSPS) is 19.7. The smallest absolute Gasteiger partial charge is 0.230 e. The van der Waals surface area contributed by atoms with E-state index in [1.54, 1.807) is 16.2 Å². The molecule has 0 aliphatic heterocycles. The molecule has 0 bridgehead atoms. The fraction of sp³-hybridized carbons (Fsp3) is 0.571. The zero-order valence-corrected chi connectivity index (χ0v) is 11.7. The van der Waals surface area contributed by atoms with Crippen LogP contribution >= 0.6 is 11.3 Å². The number of fused-ring (bicyclic) bond motifs is 1. The first-order valence-electron chi connectivity index (χ1n) is 6.35. The largest absolute Gasteiger partial charge is 0.341 e. The molecule has 1 aromatic rings. The second-order valence-corrected chi connectivity index (χ2v) is 5.91. The fourth-order valence-electron chi connectivity index (χ4n) is 2.48. The van der Waals surface area contributed by atoms with Crippen molar-refractivity contribution in [3.8, 4) is 6.07 Å².